The van der Waals surface area contributed by atoms with E-state index in [2.05, 4.69) is 36.3 Å². The third kappa shape index (κ3) is 3.11. The zero-order valence-electron chi connectivity index (χ0n) is 10.1. The molecule has 0 aliphatic heterocycles. The van der Waals surface area contributed by atoms with Crippen LogP contribution < -0.4 is 5.32 Å². The molecule has 2 N–H and O–H groups in total. The first-order valence-electron chi connectivity index (χ1n) is 5.82. The summed E-state index contributed by atoms with van der Waals surface area (Å²) < 4.78 is 0. The molecule has 0 aliphatic rings. The summed E-state index contributed by atoms with van der Waals surface area (Å²) in [5, 5.41) is 4.20. The number of hydrogen-bond acceptors (Lipinski definition) is 1. The summed E-state index contributed by atoms with van der Waals surface area (Å²) >= 11 is 6.06. The quantitative estimate of drug-likeness (QED) is 0.846. The molecule has 0 amide bonds. The monoisotopic (exact) mass is 248 g/mol. The van der Waals surface area contributed by atoms with Gasteiger partial charge in [0.1, 0.15) is 0 Å². The van der Waals surface area contributed by atoms with Crippen molar-refractivity contribution in [3.05, 3.63) is 47.1 Å². The van der Waals surface area contributed by atoms with Crippen LogP contribution >= 0.6 is 11.6 Å². The summed E-state index contributed by atoms with van der Waals surface area (Å²) in [6.45, 7) is 5.10. The zero-order chi connectivity index (χ0) is 12.3. The van der Waals surface area contributed by atoms with E-state index in [0.717, 1.165) is 17.3 Å². The molecule has 90 valence electrons. The predicted molar refractivity (Wildman–Crippen MR) is 73.2 cm³/mol. The molecule has 0 radical (unpaired) electrons. The Hall–Kier alpha value is -1.25. The van der Waals surface area contributed by atoms with Gasteiger partial charge in [0.25, 0.3) is 0 Å². The van der Waals surface area contributed by atoms with E-state index in [9.17, 15) is 0 Å². The van der Waals surface area contributed by atoms with Gasteiger partial charge >= 0.3 is 0 Å². The molecule has 0 atom stereocenters. The molecule has 2 aromatic rings. The number of rotatable bonds is 4. The van der Waals surface area contributed by atoms with Crippen molar-refractivity contribution < 1.29 is 0 Å². The van der Waals surface area contributed by atoms with E-state index in [4.69, 9.17) is 11.6 Å². The van der Waals surface area contributed by atoms with Crippen LogP contribution in [-0.4, -0.2) is 11.0 Å². The summed E-state index contributed by atoms with van der Waals surface area (Å²) in [4.78, 5) is 3.23. The van der Waals surface area contributed by atoms with E-state index in [0.29, 0.717) is 6.04 Å². The maximum atomic E-state index is 6.06. The second-order valence-electron chi connectivity index (χ2n) is 4.42. The van der Waals surface area contributed by atoms with Crippen molar-refractivity contribution in [3.8, 4) is 11.3 Å². The third-order valence-electron chi connectivity index (χ3n) is 2.66. The fourth-order valence-electron chi connectivity index (χ4n) is 1.78. The number of benzene rings is 1. The van der Waals surface area contributed by atoms with E-state index >= 15 is 0 Å². The van der Waals surface area contributed by atoms with Gasteiger partial charge in [-0.2, -0.15) is 0 Å². The lowest BCUT2D eigenvalue weighted by molar-refractivity contribution is 0.589. The van der Waals surface area contributed by atoms with Crippen LogP contribution in [0.2, 0.25) is 5.02 Å². The van der Waals surface area contributed by atoms with Crippen molar-refractivity contribution in [3.63, 3.8) is 0 Å². The van der Waals surface area contributed by atoms with E-state index < -0.39 is 0 Å². The smallest absolute Gasteiger partial charge is 0.0457 e. The van der Waals surface area contributed by atoms with Gasteiger partial charge in [-0.05, 0) is 29.8 Å². The summed E-state index contributed by atoms with van der Waals surface area (Å²) in [5.74, 6) is 0. The average molecular weight is 249 g/mol. The van der Waals surface area contributed by atoms with Crippen LogP contribution in [0.5, 0.6) is 0 Å². The van der Waals surface area contributed by atoms with Crippen molar-refractivity contribution in [2.75, 3.05) is 0 Å². The van der Waals surface area contributed by atoms with Crippen LogP contribution in [0.4, 0.5) is 0 Å². The Morgan fingerprint density at radius 3 is 2.76 bits per heavy atom. The fourth-order valence-corrected chi connectivity index (χ4v) is 1.98. The van der Waals surface area contributed by atoms with E-state index in [1.54, 1.807) is 0 Å². The van der Waals surface area contributed by atoms with Crippen molar-refractivity contribution in [2.24, 2.45) is 0 Å². The van der Waals surface area contributed by atoms with E-state index in [-0.39, 0.29) is 0 Å². The normalized spacial score (nSPS) is 11.1. The van der Waals surface area contributed by atoms with Gasteiger partial charge in [0.2, 0.25) is 0 Å². The summed E-state index contributed by atoms with van der Waals surface area (Å²) in [5.41, 5.74) is 3.54. The van der Waals surface area contributed by atoms with Crippen LogP contribution in [0.15, 0.2) is 36.5 Å². The molecule has 0 aliphatic carbocycles. The molecular formula is C14H17ClN2. The SMILES string of the molecule is CC(C)NCc1cc(Cl)ccc1-c1ccc[nH]1. The van der Waals surface area contributed by atoms with Crippen LogP contribution in [0.25, 0.3) is 11.3 Å². The van der Waals surface area contributed by atoms with Gasteiger partial charge in [-0.15, -0.1) is 0 Å². The number of nitrogens with one attached hydrogen (secondary N) is 2. The molecule has 1 aromatic carbocycles. The molecule has 0 saturated heterocycles. The van der Waals surface area contributed by atoms with Gasteiger partial charge in [0.15, 0.2) is 0 Å². The van der Waals surface area contributed by atoms with Crippen LogP contribution in [-0.2, 0) is 6.54 Å². The Morgan fingerprint density at radius 2 is 2.12 bits per heavy atom. The summed E-state index contributed by atoms with van der Waals surface area (Å²) in [7, 11) is 0. The molecule has 0 bridgehead atoms. The van der Waals surface area contributed by atoms with Gasteiger partial charge in [-0.25, -0.2) is 0 Å². The molecule has 0 fully saturated rings. The third-order valence-corrected chi connectivity index (χ3v) is 2.89. The zero-order valence-corrected chi connectivity index (χ0v) is 10.9. The molecular weight excluding hydrogens is 232 g/mol. The topological polar surface area (TPSA) is 27.8 Å². The lowest BCUT2D eigenvalue weighted by Crippen LogP contribution is -2.22. The minimum Gasteiger partial charge on any atom is -0.361 e. The van der Waals surface area contributed by atoms with Gasteiger partial charge in [0.05, 0.1) is 0 Å². The highest BCUT2D eigenvalue weighted by Gasteiger charge is 2.07. The number of aromatic amines is 1. The fraction of sp³-hybridized carbons (Fsp3) is 0.286. The number of H-pyrrole nitrogens is 1. The van der Waals surface area contributed by atoms with E-state index in [1.807, 2.05) is 24.4 Å². The van der Waals surface area contributed by atoms with Gasteiger partial charge < -0.3 is 10.3 Å². The predicted octanol–water partition coefficient (Wildman–Crippen LogP) is 3.83. The van der Waals surface area contributed by atoms with Crippen molar-refractivity contribution >= 4 is 11.6 Å². The first-order valence-corrected chi connectivity index (χ1v) is 6.20. The van der Waals surface area contributed by atoms with Gasteiger partial charge in [-0.1, -0.05) is 31.5 Å². The maximum Gasteiger partial charge on any atom is 0.0457 e. The highest BCUT2D eigenvalue weighted by atomic mass is 35.5. The lowest BCUT2D eigenvalue weighted by atomic mass is 10.0. The molecule has 0 saturated carbocycles. The molecule has 0 unspecified atom stereocenters. The Labute approximate surface area is 107 Å². The molecule has 1 aromatic heterocycles. The minimum absolute atomic E-state index is 0.463. The number of aromatic nitrogens is 1. The first-order chi connectivity index (χ1) is 8.16. The van der Waals surface area contributed by atoms with Crippen LogP contribution in [0.1, 0.15) is 19.4 Å². The first kappa shape index (κ1) is 12.2. The molecule has 2 rings (SSSR count). The van der Waals surface area contributed by atoms with Crippen molar-refractivity contribution in [1.82, 2.24) is 10.3 Å². The summed E-state index contributed by atoms with van der Waals surface area (Å²) in [6.07, 6.45) is 1.93. The molecule has 3 heteroatoms. The van der Waals surface area contributed by atoms with Crippen molar-refractivity contribution in [2.45, 2.75) is 26.4 Å². The van der Waals surface area contributed by atoms with Gasteiger partial charge in [0, 0.05) is 35.1 Å². The number of hydrogen-bond donors (Lipinski definition) is 2. The standard InChI is InChI=1S/C14H17ClN2/c1-10(2)17-9-11-8-12(15)5-6-13(11)14-4-3-7-16-14/h3-8,10,16-17H,9H2,1-2H3. The highest BCUT2D eigenvalue weighted by molar-refractivity contribution is 6.30. The maximum absolute atomic E-state index is 6.06. The Bertz CT molecular complexity index is 475. The van der Waals surface area contributed by atoms with Crippen LogP contribution in [0, 0.1) is 0 Å². The second-order valence-corrected chi connectivity index (χ2v) is 4.86. The Morgan fingerprint density at radius 1 is 1.29 bits per heavy atom. The highest BCUT2D eigenvalue weighted by Crippen LogP contribution is 2.25. The molecule has 2 nitrogen and oxygen atoms in total. The summed E-state index contributed by atoms with van der Waals surface area (Å²) in [6, 6.07) is 10.5. The molecule has 17 heavy (non-hydrogen) atoms. The lowest BCUT2D eigenvalue weighted by Gasteiger charge is -2.12. The molecule has 1 heterocycles. The number of halogens is 1. The Kier molecular flexibility index (Phi) is 3.87. The second kappa shape index (κ2) is 5.39. The van der Waals surface area contributed by atoms with Crippen molar-refractivity contribution in [1.29, 1.82) is 0 Å². The molecule has 0 spiro atoms. The van der Waals surface area contributed by atoms with Crippen LogP contribution in [0.3, 0.4) is 0 Å². The van der Waals surface area contributed by atoms with E-state index in [1.165, 1.54) is 11.1 Å². The average Bonchev–Trinajstić information content (AvgIpc) is 2.80. The van der Waals surface area contributed by atoms with Gasteiger partial charge in [-0.3, -0.25) is 0 Å². The largest absolute Gasteiger partial charge is 0.361 e. The minimum atomic E-state index is 0.463. The Balaban J connectivity index is 2.31.